The summed E-state index contributed by atoms with van der Waals surface area (Å²) in [5.74, 6) is -0.801. The van der Waals surface area contributed by atoms with Crippen molar-refractivity contribution in [3.63, 3.8) is 0 Å². The van der Waals surface area contributed by atoms with Gasteiger partial charge in [-0.2, -0.15) is 5.10 Å². The van der Waals surface area contributed by atoms with Gasteiger partial charge in [-0.1, -0.05) is 42.6 Å². The highest BCUT2D eigenvalue weighted by Gasteiger charge is 2.65. The Hall–Kier alpha value is -1.76. The number of anilines is 1. The first-order chi connectivity index (χ1) is 12.6. The Morgan fingerprint density at radius 1 is 1.18 bits per heavy atom. The molecule has 0 bridgehead atoms. The van der Waals surface area contributed by atoms with Gasteiger partial charge < -0.3 is 16.2 Å². The number of carboxylic acid groups (broad SMARTS) is 1. The van der Waals surface area contributed by atoms with Crippen molar-refractivity contribution in [2.45, 2.75) is 24.3 Å². The fourth-order valence-corrected chi connectivity index (χ4v) is 3.71. The number of nitrogens with zero attached hydrogens (tertiary/aromatic N) is 2. The van der Waals surface area contributed by atoms with Crippen molar-refractivity contribution in [2.24, 2.45) is 5.73 Å². The molecule has 0 aliphatic carbocycles. The number of benzene rings is 1. The molecule has 0 spiro atoms. The summed E-state index contributed by atoms with van der Waals surface area (Å²) in [6.45, 7) is 0.149. The highest BCUT2D eigenvalue weighted by Crippen LogP contribution is 3.02. The fourth-order valence-electron chi connectivity index (χ4n) is 2.25. The van der Waals surface area contributed by atoms with Crippen LogP contribution in [0.25, 0.3) is 5.69 Å². The molecule has 0 saturated heterocycles. The third-order valence-corrected chi connectivity index (χ3v) is 5.19. The number of aliphatic carboxylic acids is 1. The van der Waals surface area contributed by atoms with E-state index >= 15 is 0 Å². The fraction of sp³-hybridized carbons (Fsp3) is 0.286. The van der Waals surface area contributed by atoms with E-state index in [2.05, 4.69) is 10.4 Å². The number of hydrogen-bond donors (Lipinski definition) is 3. The van der Waals surface area contributed by atoms with E-state index in [4.69, 9.17) is 34.0 Å². The molecule has 0 aliphatic rings. The summed E-state index contributed by atoms with van der Waals surface area (Å²) in [5, 5.41) is 14.1. The summed E-state index contributed by atoms with van der Waals surface area (Å²) in [6, 6.07) is 1.62. The van der Waals surface area contributed by atoms with Gasteiger partial charge in [0.15, 0.2) is 0 Å². The van der Waals surface area contributed by atoms with Crippen molar-refractivity contribution in [3.8, 4) is 5.69 Å². The van der Waals surface area contributed by atoms with Gasteiger partial charge in [-0.3, -0.25) is 4.79 Å². The second kappa shape index (κ2) is 6.94. The maximum atomic E-state index is 13.0. The molecule has 2 aromatic rings. The predicted octanol–water partition coefficient (Wildman–Crippen LogP) is 5.57. The Labute approximate surface area is 166 Å². The van der Waals surface area contributed by atoms with Gasteiger partial charge >= 0.3 is 16.2 Å². The summed E-state index contributed by atoms with van der Waals surface area (Å²) < 4.78 is 66.2. The van der Waals surface area contributed by atoms with E-state index in [-0.39, 0.29) is 49.6 Å². The lowest BCUT2D eigenvalue weighted by Crippen LogP contribution is -2.11. The van der Waals surface area contributed by atoms with E-state index in [0.717, 1.165) is 4.68 Å². The molecule has 0 unspecified atom stereocenters. The van der Waals surface area contributed by atoms with Crippen LogP contribution in [0, 0.1) is 0 Å². The average Bonchev–Trinajstić information content (AvgIpc) is 2.91. The number of hydrogen-bond acceptors (Lipinski definition) is 4. The summed E-state index contributed by atoms with van der Waals surface area (Å²) >= 11 is 11.7. The molecule has 0 aliphatic heterocycles. The Bertz CT molecular complexity index is 898. The number of nitrogens with two attached hydrogens (primary N) is 1. The standard InChI is InChI=1S/C14H15Cl2F5N4O2S/c15-10-5-9(28(17,18,19,20)21)6-11(16)14(10)25-12(4-8(7-22)24-25)23-3-1-2-13(26)27/h4-6,23H,1-3,7,22H2,(H,26,27). The zero-order chi connectivity index (χ0) is 21.4. The molecule has 0 atom stereocenters. The summed E-state index contributed by atoms with van der Waals surface area (Å²) in [4.78, 5) is 8.34. The maximum absolute atomic E-state index is 13.0. The number of carboxylic acids is 1. The van der Waals surface area contributed by atoms with Crippen LogP contribution in [0.3, 0.4) is 0 Å². The van der Waals surface area contributed by atoms with E-state index in [1.807, 2.05) is 0 Å². The Morgan fingerprint density at radius 2 is 1.75 bits per heavy atom. The largest absolute Gasteiger partial charge is 0.481 e. The van der Waals surface area contributed by atoms with Gasteiger partial charge in [0.1, 0.15) is 16.4 Å². The summed E-state index contributed by atoms with van der Waals surface area (Å²) in [7, 11) is -9.98. The van der Waals surface area contributed by atoms with Gasteiger partial charge in [0.25, 0.3) is 0 Å². The number of rotatable bonds is 8. The molecule has 28 heavy (non-hydrogen) atoms. The first kappa shape index (κ1) is 22.5. The number of carbonyl (C=O) groups is 1. The van der Waals surface area contributed by atoms with Crippen LogP contribution in [0.5, 0.6) is 0 Å². The minimum absolute atomic E-state index is 0.0322. The van der Waals surface area contributed by atoms with Crippen molar-refractivity contribution in [2.75, 3.05) is 11.9 Å². The lowest BCUT2D eigenvalue weighted by Gasteiger charge is -2.40. The van der Waals surface area contributed by atoms with E-state index in [0.29, 0.717) is 5.69 Å². The van der Waals surface area contributed by atoms with Crippen LogP contribution in [-0.2, 0) is 11.3 Å². The van der Waals surface area contributed by atoms with E-state index in [1.54, 1.807) is 0 Å². The first-order valence-corrected chi connectivity index (χ1v) is 10.3. The molecule has 0 fully saturated rings. The predicted molar refractivity (Wildman–Crippen MR) is 98.2 cm³/mol. The second-order valence-electron chi connectivity index (χ2n) is 5.77. The zero-order valence-corrected chi connectivity index (χ0v) is 16.3. The van der Waals surface area contributed by atoms with E-state index < -0.39 is 31.1 Å². The molecule has 1 aromatic heterocycles. The van der Waals surface area contributed by atoms with Crippen molar-refractivity contribution >= 4 is 45.2 Å². The van der Waals surface area contributed by atoms with Crippen LogP contribution >= 0.6 is 33.4 Å². The molecule has 2 rings (SSSR count). The summed E-state index contributed by atoms with van der Waals surface area (Å²) in [6.07, 6.45) is 0.119. The van der Waals surface area contributed by atoms with E-state index in [9.17, 15) is 24.2 Å². The lowest BCUT2D eigenvalue weighted by molar-refractivity contribution is -0.137. The SMILES string of the molecule is NCc1cc(NCCCC(=O)O)n(-c2c(Cl)cc(S(F)(F)(F)(F)F)cc2Cl)n1. The maximum Gasteiger partial charge on any atom is 0.310 e. The van der Waals surface area contributed by atoms with Crippen molar-refractivity contribution in [1.29, 1.82) is 0 Å². The van der Waals surface area contributed by atoms with Crippen LogP contribution < -0.4 is 11.1 Å². The van der Waals surface area contributed by atoms with Gasteiger partial charge in [-0.25, -0.2) is 4.68 Å². The quantitative estimate of drug-likeness (QED) is 0.347. The van der Waals surface area contributed by atoms with Crippen LogP contribution in [0.1, 0.15) is 18.5 Å². The summed E-state index contributed by atoms with van der Waals surface area (Å²) in [5.41, 5.74) is 5.56. The molecular weight excluding hydrogens is 454 g/mol. The Balaban J connectivity index is 2.47. The molecular formula is C14H15Cl2F5N4O2S. The van der Waals surface area contributed by atoms with Crippen molar-refractivity contribution < 1.29 is 29.3 Å². The average molecular weight is 469 g/mol. The highest BCUT2D eigenvalue weighted by molar-refractivity contribution is 8.45. The van der Waals surface area contributed by atoms with Gasteiger partial charge in [0, 0.05) is 25.6 Å². The molecule has 0 radical (unpaired) electrons. The Morgan fingerprint density at radius 3 is 2.21 bits per heavy atom. The van der Waals surface area contributed by atoms with Gasteiger partial charge in [0.2, 0.25) is 0 Å². The van der Waals surface area contributed by atoms with Gasteiger partial charge in [0.05, 0.1) is 15.7 Å². The monoisotopic (exact) mass is 468 g/mol. The minimum atomic E-state index is -9.98. The molecule has 158 valence electrons. The minimum Gasteiger partial charge on any atom is -0.481 e. The van der Waals surface area contributed by atoms with Gasteiger partial charge in [-0.15, -0.1) is 0 Å². The Kier molecular flexibility index (Phi) is 5.58. The number of nitrogens with one attached hydrogen (secondary N) is 1. The van der Waals surface area contributed by atoms with Crippen LogP contribution in [0.2, 0.25) is 10.0 Å². The van der Waals surface area contributed by atoms with E-state index in [1.165, 1.54) is 6.07 Å². The van der Waals surface area contributed by atoms with Gasteiger partial charge in [-0.05, 0) is 18.6 Å². The van der Waals surface area contributed by atoms with Crippen molar-refractivity contribution in [1.82, 2.24) is 9.78 Å². The molecule has 4 N–H and O–H groups in total. The highest BCUT2D eigenvalue weighted by atomic mass is 35.5. The van der Waals surface area contributed by atoms with Crippen LogP contribution in [-0.4, -0.2) is 27.4 Å². The molecule has 6 nitrogen and oxygen atoms in total. The molecule has 0 amide bonds. The second-order valence-corrected chi connectivity index (χ2v) is 8.99. The first-order valence-electron chi connectivity index (χ1n) is 7.60. The molecule has 1 aromatic carbocycles. The van der Waals surface area contributed by atoms with Crippen LogP contribution in [0.4, 0.5) is 25.2 Å². The third kappa shape index (κ3) is 5.40. The topological polar surface area (TPSA) is 93.2 Å². The molecule has 1 heterocycles. The third-order valence-electron chi connectivity index (χ3n) is 3.49. The number of halogens is 7. The zero-order valence-electron chi connectivity index (χ0n) is 13.9. The molecule has 0 saturated carbocycles. The normalized spacial score (nSPS) is 14.4. The lowest BCUT2D eigenvalue weighted by atomic mass is 10.3. The van der Waals surface area contributed by atoms with Crippen LogP contribution in [0.15, 0.2) is 23.1 Å². The van der Waals surface area contributed by atoms with Crippen molar-refractivity contribution in [3.05, 3.63) is 33.9 Å². The number of aromatic nitrogens is 2. The molecule has 14 heteroatoms. The smallest absolute Gasteiger partial charge is 0.310 e.